The van der Waals surface area contributed by atoms with Crippen LogP contribution in [0.5, 0.6) is 0 Å². The fraction of sp³-hybridized carbons (Fsp3) is 0.200. The molecule has 1 aliphatic rings. The number of likely N-dealkylation sites (tertiary alicyclic amines) is 1. The van der Waals surface area contributed by atoms with Crippen LogP contribution in [-0.4, -0.2) is 43.3 Å². The van der Waals surface area contributed by atoms with Gasteiger partial charge in [-0.3, -0.25) is 15.1 Å². The van der Waals surface area contributed by atoms with E-state index in [2.05, 4.69) is 4.90 Å². The summed E-state index contributed by atoms with van der Waals surface area (Å²) in [6.45, 7) is 1.53. The minimum absolute atomic E-state index is 0.0484. The molecule has 4 rings (SSSR count). The van der Waals surface area contributed by atoms with Crippen LogP contribution in [0.2, 0.25) is 0 Å². The maximum Gasteiger partial charge on any atom is 0.308 e. The molecule has 0 radical (unpaired) electrons. The summed E-state index contributed by atoms with van der Waals surface area (Å²) in [4.78, 5) is 14.1. The minimum Gasteiger partial charge on any atom is -0.481 e. The zero-order chi connectivity index (χ0) is 24.5. The van der Waals surface area contributed by atoms with Crippen molar-refractivity contribution in [3.05, 3.63) is 89.5 Å². The lowest BCUT2D eigenvalue weighted by Gasteiger charge is -2.17. The van der Waals surface area contributed by atoms with E-state index in [0.29, 0.717) is 30.8 Å². The first kappa shape index (κ1) is 23.6. The number of primary sulfonamides is 1. The molecule has 3 aromatic rings. The molecule has 0 amide bonds. The Labute approximate surface area is 198 Å². The highest BCUT2D eigenvalue weighted by Crippen LogP contribution is 2.34. The molecule has 176 valence electrons. The van der Waals surface area contributed by atoms with Crippen LogP contribution in [0.15, 0.2) is 77.7 Å². The van der Waals surface area contributed by atoms with E-state index in [0.717, 1.165) is 16.7 Å². The lowest BCUT2D eigenvalue weighted by molar-refractivity contribution is -0.141. The van der Waals surface area contributed by atoms with E-state index in [1.54, 1.807) is 36.4 Å². The third kappa shape index (κ3) is 5.01. The summed E-state index contributed by atoms with van der Waals surface area (Å²) in [6.07, 6.45) is 0. The number of hydrogen-bond donors (Lipinski definition) is 4. The Morgan fingerprint density at radius 1 is 1.03 bits per heavy atom. The molecule has 1 fully saturated rings. The second kappa shape index (κ2) is 9.38. The number of carboxylic acids is 1. The highest BCUT2D eigenvalue weighted by molar-refractivity contribution is 7.89. The number of hydrogen-bond acceptors (Lipinski definition) is 5. The van der Waals surface area contributed by atoms with E-state index in [1.807, 2.05) is 30.3 Å². The Morgan fingerprint density at radius 2 is 1.74 bits per heavy atom. The van der Waals surface area contributed by atoms with Crippen molar-refractivity contribution in [2.24, 2.45) is 16.8 Å². The Bertz CT molecular complexity index is 1340. The number of nitrogens with two attached hydrogens (primary N) is 2. The number of carboxylic acid groups (broad SMARTS) is 1. The van der Waals surface area contributed by atoms with E-state index in [9.17, 15) is 18.3 Å². The van der Waals surface area contributed by atoms with E-state index >= 15 is 0 Å². The average Bonchev–Trinajstić information content (AvgIpc) is 3.23. The number of aliphatic carboxylic acids is 1. The van der Waals surface area contributed by atoms with Crippen molar-refractivity contribution in [1.82, 2.24) is 4.90 Å². The molecule has 8 nitrogen and oxygen atoms in total. The fourth-order valence-electron chi connectivity index (χ4n) is 4.54. The molecule has 2 atom stereocenters. The smallest absolute Gasteiger partial charge is 0.308 e. The number of carbonyl (C=O) groups is 1. The number of nitrogens with one attached hydrogen (secondary N) is 1. The molecule has 0 aromatic heterocycles. The van der Waals surface area contributed by atoms with Crippen LogP contribution in [0.1, 0.15) is 22.6 Å². The number of nitrogens with zero attached hydrogens (tertiary/aromatic N) is 1. The molecule has 1 heterocycles. The van der Waals surface area contributed by atoms with Gasteiger partial charge < -0.3 is 10.8 Å². The summed E-state index contributed by atoms with van der Waals surface area (Å²) in [6, 6.07) is 21.3. The second-order valence-corrected chi connectivity index (χ2v) is 10.1. The van der Waals surface area contributed by atoms with Crippen LogP contribution < -0.4 is 10.9 Å². The van der Waals surface area contributed by atoms with Gasteiger partial charge in [0.05, 0.1) is 10.8 Å². The predicted molar refractivity (Wildman–Crippen MR) is 130 cm³/mol. The van der Waals surface area contributed by atoms with Crippen LogP contribution in [0.3, 0.4) is 0 Å². The quantitative estimate of drug-likeness (QED) is 0.303. The summed E-state index contributed by atoms with van der Waals surface area (Å²) in [5.74, 6) is -1.68. The van der Waals surface area contributed by atoms with E-state index in [4.69, 9.17) is 16.3 Å². The number of amidine groups is 1. The molecule has 0 saturated carbocycles. The number of benzene rings is 3. The van der Waals surface area contributed by atoms with Gasteiger partial charge >= 0.3 is 5.97 Å². The Balaban J connectivity index is 1.53. The molecule has 3 aromatic carbocycles. The largest absolute Gasteiger partial charge is 0.481 e. The molecule has 9 heteroatoms. The van der Waals surface area contributed by atoms with Crippen LogP contribution in [-0.2, 0) is 21.4 Å². The van der Waals surface area contributed by atoms with E-state index in [-0.39, 0.29) is 16.6 Å². The van der Waals surface area contributed by atoms with Gasteiger partial charge in [-0.25, -0.2) is 13.6 Å². The fourth-order valence-corrected chi connectivity index (χ4v) is 5.30. The molecular weight excluding hydrogens is 452 g/mol. The van der Waals surface area contributed by atoms with Crippen molar-refractivity contribution < 1.29 is 18.3 Å². The lowest BCUT2D eigenvalue weighted by Crippen LogP contribution is -2.23. The summed E-state index contributed by atoms with van der Waals surface area (Å²) in [7, 11) is -3.85. The Hall–Kier alpha value is -3.53. The molecule has 34 heavy (non-hydrogen) atoms. The molecule has 1 aliphatic heterocycles. The van der Waals surface area contributed by atoms with Gasteiger partial charge in [0.15, 0.2) is 0 Å². The van der Waals surface area contributed by atoms with Gasteiger partial charge in [-0.2, -0.15) is 0 Å². The first-order chi connectivity index (χ1) is 16.1. The lowest BCUT2D eigenvalue weighted by atomic mass is 9.88. The van der Waals surface area contributed by atoms with Gasteiger partial charge in [0.2, 0.25) is 10.0 Å². The number of nitrogen functional groups attached to an aromatic ring is 1. The van der Waals surface area contributed by atoms with Crippen molar-refractivity contribution in [3.8, 4) is 11.1 Å². The second-order valence-electron chi connectivity index (χ2n) is 8.52. The molecule has 0 bridgehead atoms. The highest BCUT2D eigenvalue weighted by Gasteiger charge is 2.38. The standard InChI is InChI=1S/C25H26N4O4S/c26-24(27)19-5-3-4-18(12-19)21-14-29(15-22(21)25(30)31)13-16-8-10-17(11-9-16)20-6-1-2-7-23(20)34(28,32)33/h1-12,21-22H,13-15H2,(H3,26,27)(H,30,31)(H2,28,32,33). The van der Waals surface area contributed by atoms with Gasteiger partial charge in [-0.05, 0) is 28.8 Å². The monoisotopic (exact) mass is 478 g/mol. The van der Waals surface area contributed by atoms with Crippen LogP contribution in [0.4, 0.5) is 0 Å². The zero-order valence-electron chi connectivity index (χ0n) is 18.4. The van der Waals surface area contributed by atoms with Crippen molar-refractivity contribution in [2.45, 2.75) is 17.4 Å². The first-order valence-electron chi connectivity index (χ1n) is 10.7. The summed E-state index contributed by atoms with van der Waals surface area (Å²) in [5.41, 5.74) is 9.30. The summed E-state index contributed by atoms with van der Waals surface area (Å²) < 4.78 is 23.8. The number of sulfonamides is 1. The zero-order valence-corrected chi connectivity index (χ0v) is 19.2. The first-order valence-corrected chi connectivity index (χ1v) is 12.3. The van der Waals surface area contributed by atoms with Crippen LogP contribution in [0.25, 0.3) is 11.1 Å². The summed E-state index contributed by atoms with van der Waals surface area (Å²) in [5, 5.41) is 22.8. The van der Waals surface area contributed by atoms with Crippen LogP contribution in [0, 0.1) is 11.3 Å². The van der Waals surface area contributed by atoms with E-state index < -0.39 is 21.9 Å². The molecule has 2 unspecified atom stereocenters. The van der Waals surface area contributed by atoms with Gasteiger partial charge in [0, 0.05) is 36.7 Å². The SMILES string of the molecule is N=C(N)c1cccc(C2CN(Cc3ccc(-c4ccccc4S(N)(=O)=O)cc3)CC2C(=O)O)c1. The molecule has 1 saturated heterocycles. The van der Waals surface area contributed by atoms with Gasteiger partial charge in [0.25, 0.3) is 0 Å². The van der Waals surface area contributed by atoms with Crippen molar-refractivity contribution in [2.75, 3.05) is 13.1 Å². The number of rotatable bonds is 7. The molecule has 6 N–H and O–H groups in total. The Kier molecular flexibility index (Phi) is 6.52. The third-order valence-electron chi connectivity index (χ3n) is 6.20. The molecule has 0 aliphatic carbocycles. The van der Waals surface area contributed by atoms with E-state index in [1.165, 1.54) is 6.07 Å². The predicted octanol–water partition coefficient (Wildman–Crippen LogP) is 2.59. The van der Waals surface area contributed by atoms with Crippen LogP contribution >= 0.6 is 0 Å². The van der Waals surface area contributed by atoms with Gasteiger partial charge in [-0.1, -0.05) is 60.7 Å². The van der Waals surface area contributed by atoms with Crippen molar-refractivity contribution in [3.63, 3.8) is 0 Å². The summed E-state index contributed by atoms with van der Waals surface area (Å²) >= 11 is 0. The minimum atomic E-state index is -3.85. The van der Waals surface area contributed by atoms with Gasteiger partial charge in [0.1, 0.15) is 5.84 Å². The molecular formula is C25H26N4O4S. The molecule has 0 spiro atoms. The normalized spacial score (nSPS) is 18.6. The Morgan fingerprint density at radius 3 is 2.38 bits per heavy atom. The van der Waals surface area contributed by atoms with Crippen molar-refractivity contribution in [1.29, 1.82) is 5.41 Å². The topological polar surface area (TPSA) is 151 Å². The maximum atomic E-state index is 12.0. The van der Waals surface area contributed by atoms with Gasteiger partial charge in [-0.15, -0.1) is 0 Å². The third-order valence-corrected chi connectivity index (χ3v) is 7.17. The highest BCUT2D eigenvalue weighted by atomic mass is 32.2. The van der Waals surface area contributed by atoms with Crippen molar-refractivity contribution >= 4 is 21.8 Å². The maximum absolute atomic E-state index is 12.0. The average molecular weight is 479 g/mol.